The Balaban J connectivity index is 2.49. The van der Waals surface area contributed by atoms with Crippen molar-refractivity contribution >= 4 is 5.95 Å². The highest BCUT2D eigenvalue weighted by molar-refractivity contribution is 5.30. The molecule has 1 heterocycles. The first-order valence-corrected chi connectivity index (χ1v) is 6.48. The molecule has 0 saturated heterocycles. The summed E-state index contributed by atoms with van der Waals surface area (Å²) in [4.78, 5) is 6.34. The molecule has 5 nitrogen and oxygen atoms in total. The number of rotatable bonds is 7. The SMILES string of the molecule is CCCC(C)(O)CNCc1cnc(N(C)C)n1C. The second kappa shape index (κ2) is 6.20. The van der Waals surface area contributed by atoms with Crippen LogP contribution in [-0.2, 0) is 13.6 Å². The highest BCUT2D eigenvalue weighted by atomic mass is 16.3. The maximum absolute atomic E-state index is 10.1. The number of nitrogens with one attached hydrogen (secondary N) is 1. The Morgan fingerprint density at radius 2 is 2.17 bits per heavy atom. The van der Waals surface area contributed by atoms with E-state index in [1.54, 1.807) is 0 Å². The molecule has 0 aliphatic heterocycles. The summed E-state index contributed by atoms with van der Waals surface area (Å²) >= 11 is 0. The van der Waals surface area contributed by atoms with Crippen LogP contribution in [0.2, 0.25) is 0 Å². The predicted molar refractivity (Wildman–Crippen MR) is 74.8 cm³/mol. The van der Waals surface area contributed by atoms with Crippen LogP contribution in [0.3, 0.4) is 0 Å². The number of hydrogen-bond acceptors (Lipinski definition) is 4. The Bertz CT molecular complexity index is 371. The minimum atomic E-state index is -0.627. The summed E-state index contributed by atoms with van der Waals surface area (Å²) in [5.74, 6) is 0.937. The minimum Gasteiger partial charge on any atom is -0.389 e. The van der Waals surface area contributed by atoms with Crippen LogP contribution >= 0.6 is 0 Å². The number of nitrogens with zero attached hydrogens (tertiary/aromatic N) is 3. The molecule has 0 bridgehead atoms. The minimum absolute atomic E-state index is 0.601. The van der Waals surface area contributed by atoms with Gasteiger partial charge >= 0.3 is 0 Å². The van der Waals surface area contributed by atoms with Gasteiger partial charge in [-0.1, -0.05) is 13.3 Å². The monoisotopic (exact) mass is 254 g/mol. The summed E-state index contributed by atoms with van der Waals surface area (Å²) in [7, 11) is 5.96. The van der Waals surface area contributed by atoms with E-state index in [9.17, 15) is 5.11 Å². The average molecular weight is 254 g/mol. The van der Waals surface area contributed by atoms with Crippen LogP contribution in [0.15, 0.2) is 6.20 Å². The first-order chi connectivity index (χ1) is 8.37. The fourth-order valence-corrected chi connectivity index (χ4v) is 2.10. The maximum Gasteiger partial charge on any atom is 0.204 e. The molecule has 1 aromatic rings. The topological polar surface area (TPSA) is 53.3 Å². The summed E-state index contributed by atoms with van der Waals surface area (Å²) in [5, 5.41) is 13.4. The van der Waals surface area contributed by atoms with E-state index in [4.69, 9.17) is 0 Å². The Labute approximate surface area is 110 Å². The average Bonchev–Trinajstić information content (AvgIpc) is 2.60. The van der Waals surface area contributed by atoms with E-state index in [1.165, 1.54) is 0 Å². The molecule has 1 unspecified atom stereocenters. The molecule has 0 fully saturated rings. The van der Waals surface area contributed by atoms with Gasteiger partial charge in [-0.25, -0.2) is 4.98 Å². The first-order valence-electron chi connectivity index (χ1n) is 6.48. The summed E-state index contributed by atoms with van der Waals surface area (Å²) in [5.41, 5.74) is 0.489. The number of aliphatic hydroxyl groups is 1. The molecule has 1 atom stereocenters. The van der Waals surface area contributed by atoms with Gasteiger partial charge in [0.2, 0.25) is 5.95 Å². The molecule has 0 amide bonds. The van der Waals surface area contributed by atoms with Crippen molar-refractivity contribution in [2.24, 2.45) is 7.05 Å². The van der Waals surface area contributed by atoms with E-state index in [-0.39, 0.29) is 0 Å². The Hall–Kier alpha value is -1.07. The van der Waals surface area contributed by atoms with Gasteiger partial charge in [-0.3, -0.25) is 0 Å². The van der Waals surface area contributed by atoms with Crippen LogP contribution in [0, 0.1) is 0 Å². The van der Waals surface area contributed by atoms with Gasteiger partial charge in [0.15, 0.2) is 0 Å². The van der Waals surface area contributed by atoms with E-state index in [0.29, 0.717) is 6.54 Å². The molecule has 104 valence electrons. The molecule has 1 aromatic heterocycles. The van der Waals surface area contributed by atoms with E-state index in [0.717, 1.165) is 31.0 Å². The fraction of sp³-hybridized carbons (Fsp3) is 0.769. The zero-order chi connectivity index (χ0) is 13.8. The van der Waals surface area contributed by atoms with Gasteiger partial charge in [-0.2, -0.15) is 0 Å². The van der Waals surface area contributed by atoms with Crippen molar-refractivity contribution < 1.29 is 5.11 Å². The number of hydrogen-bond donors (Lipinski definition) is 2. The van der Waals surface area contributed by atoms with Crippen molar-refractivity contribution in [3.05, 3.63) is 11.9 Å². The largest absolute Gasteiger partial charge is 0.389 e. The molecule has 0 aliphatic rings. The first kappa shape index (κ1) is 15.0. The normalized spacial score (nSPS) is 14.6. The van der Waals surface area contributed by atoms with Crippen molar-refractivity contribution in [3.63, 3.8) is 0 Å². The van der Waals surface area contributed by atoms with Gasteiger partial charge in [0.05, 0.1) is 17.5 Å². The van der Waals surface area contributed by atoms with Gasteiger partial charge in [0.1, 0.15) is 0 Å². The van der Waals surface area contributed by atoms with Crippen molar-refractivity contribution in [1.29, 1.82) is 0 Å². The van der Waals surface area contributed by atoms with Gasteiger partial charge < -0.3 is 19.9 Å². The summed E-state index contributed by atoms with van der Waals surface area (Å²) in [6.45, 7) is 5.28. The second-order valence-electron chi connectivity index (χ2n) is 5.35. The highest BCUT2D eigenvalue weighted by Crippen LogP contribution is 2.12. The molecule has 18 heavy (non-hydrogen) atoms. The van der Waals surface area contributed by atoms with Crippen molar-refractivity contribution in [3.8, 4) is 0 Å². The van der Waals surface area contributed by atoms with Crippen molar-refractivity contribution in [1.82, 2.24) is 14.9 Å². The van der Waals surface area contributed by atoms with Crippen LogP contribution in [-0.4, -0.2) is 40.9 Å². The third-order valence-corrected chi connectivity index (χ3v) is 3.06. The van der Waals surface area contributed by atoms with Crippen molar-refractivity contribution in [2.45, 2.75) is 38.8 Å². The smallest absolute Gasteiger partial charge is 0.204 e. The predicted octanol–water partition coefficient (Wildman–Crippen LogP) is 1.13. The molecule has 0 aromatic carbocycles. The zero-order valence-electron chi connectivity index (χ0n) is 12.2. The third-order valence-electron chi connectivity index (χ3n) is 3.06. The zero-order valence-corrected chi connectivity index (χ0v) is 12.2. The number of imidazole rings is 1. The summed E-state index contributed by atoms with van der Waals surface area (Å²) in [6, 6.07) is 0. The van der Waals surface area contributed by atoms with E-state index in [2.05, 4.69) is 21.8 Å². The fourth-order valence-electron chi connectivity index (χ4n) is 2.10. The van der Waals surface area contributed by atoms with E-state index < -0.39 is 5.60 Å². The molecular weight excluding hydrogens is 228 g/mol. The lowest BCUT2D eigenvalue weighted by Gasteiger charge is -2.23. The Morgan fingerprint density at radius 3 is 2.67 bits per heavy atom. The lowest BCUT2D eigenvalue weighted by molar-refractivity contribution is 0.0497. The second-order valence-corrected chi connectivity index (χ2v) is 5.35. The van der Waals surface area contributed by atoms with Gasteiger partial charge in [-0.05, 0) is 13.3 Å². The molecule has 0 spiro atoms. The molecule has 0 radical (unpaired) electrons. The quantitative estimate of drug-likeness (QED) is 0.766. The van der Waals surface area contributed by atoms with E-state index >= 15 is 0 Å². The summed E-state index contributed by atoms with van der Waals surface area (Å²) in [6.07, 6.45) is 3.68. The molecule has 5 heteroatoms. The molecular formula is C13H26N4O. The highest BCUT2D eigenvalue weighted by Gasteiger charge is 2.18. The van der Waals surface area contributed by atoms with Crippen LogP contribution in [0.25, 0.3) is 0 Å². The molecule has 0 aliphatic carbocycles. The third kappa shape index (κ3) is 3.99. The summed E-state index contributed by atoms with van der Waals surface area (Å²) < 4.78 is 2.06. The van der Waals surface area contributed by atoms with E-state index in [1.807, 2.05) is 39.2 Å². The standard InChI is InChI=1S/C13H26N4O/c1-6-7-13(2,18)10-14-8-11-9-15-12(16(3)4)17(11)5/h9,14,18H,6-8,10H2,1-5H3. The molecule has 0 saturated carbocycles. The van der Waals surface area contributed by atoms with Crippen LogP contribution in [0.4, 0.5) is 5.95 Å². The number of anilines is 1. The van der Waals surface area contributed by atoms with Gasteiger partial charge in [-0.15, -0.1) is 0 Å². The van der Waals surface area contributed by atoms with Crippen LogP contribution in [0.5, 0.6) is 0 Å². The van der Waals surface area contributed by atoms with Gasteiger partial charge in [0, 0.05) is 34.2 Å². The Morgan fingerprint density at radius 1 is 1.50 bits per heavy atom. The maximum atomic E-state index is 10.1. The van der Waals surface area contributed by atoms with Crippen LogP contribution in [0.1, 0.15) is 32.4 Å². The number of aromatic nitrogens is 2. The van der Waals surface area contributed by atoms with Gasteiger partial charge in [0.25, 0.3) is 0 Å². The van der Waals surface area contributed by atoms with Crippen molar-refractivity contribution in [2.75, 3.05) is 25.5 Å². The molecule has 1 rings (SSSR count). The lowest BCUT2D eigenvalue weighted by Crippen LogP contribution is -2.37. The Kier molecular flexibility index (Phi) is 5.16. The van der Waals surface area contributed by atoms with Crippen LogP contribution < -0.4 is 10.2 Å². The lowest BCUT2D eigenvalue weighted by atomic mass is 10.0. The molecule has 2 N–H and O–H groups in total.